The van der Waals surface area contributed by atoms with Crippen molar-refractivity contribution in [3.63, 3.8) is 0 Å². The van der Waals surface area contributed by atoms with Crippen LogP contribution < -0.4 is 10.1 Å². The van der Waals surface area contributed by atoms with E-state index in [4.69, 9.17) is 4.74 Å². The lowest BCUT2D eigenvalue weighted by Crippen LogP contribution is -2.43. The smallest absolute Gasteiger partial charge is 0.416 e. The van der Waals surface area contributed by atoms with E-state index in [1.54, 1.807) is 24.3 Å². The van der Waals surface area contributed by atoms with Crippen molar-refractivity contribution in [3.05, 3.63) is 77.9 Å². The maximum Gasteiger partial charge on any atom is 0.416 e. The van der Waals surface area contributed by atoms with Crippen LogP contribution in [0.25, 0.3) is 0 Å². The van der Waals surface area contributed by atoms with Crippen LogP contribution in [0.15, 0.2) is 61.2 Å². The minimum absolute atomic E-state index is 0.0205. The lowest BCUT2D eigenvalue weighted by Gasteiger charge is -2.28. The molecule has 0 bridgehead atoms. The largest absolute Gasteiger partial charge is 0.491 e. The SMILES string of the molecule is C=CC(=O)N1CCOc2ccccc2C1C(=O)NCc1ccc(C(F)(F)F)cc1. The first-order chi connectivity index (χ1) is 13.8. The molecule has 1 atom stereocenters. The summed E-state index contributed by atoms with van der Waals surface area (Å²) in [6.07, 6.45) is -3.29. The van der Waals surface area contributed by atoms with Gasteiger partial charge in [0.05, 0.1) is 12.1 Å². The number of ether oxygens (including phenoxy) is 1. The first-order valence-electron chi connectivity index (χ1n) is 8.90. The molecule has 1 N–H and O–H groups in total. The number of carbonyl (C=O) groups is 2. The normalized spacial score (nSPS) is 16.2. The number of hydrogen-bond donors (Lipinski definition) is 1. The van der Waals surface area contributed by atoms with Crippen molar-refractivity contribution < 1.29 is 27.5 Å². The van der Waals surface area contributed by atoms with E-state index < -0.39 is 29.6 Å². The Labute approximate surface area is 165 Å². The van der Waals surface area contributed by atoms with E-state index in [0.717, 1.165) is 18.2 Å². The highest BCUT2D eigenvalue weighted by atomic mass is 19.4. The van der Waals surface area contributed by atoms with Crippen molar-refractivity contribution in [2.45, 2.75) is 18.8 Å². The van der Waals surface area contributed by atoms with Gasteiger partial charge >= 0.3 is 6.18 Å². The number of nitrogens with one attached hydrogen (secondary N) is 1. The molecular weight excluding hydrogens is 385 g/mol. The van der Waals surface area contributed by atoms with Gasteiger partial charge < -0.3 is 15.0 Å². The number of fused-ring (bicyclic) bond motifs is 1. The molecule has 2 aromatic carbocycles. The Morgan fingerprint density at radius 3 is 2.52 bits per heavy atom. The molecule has 152 valence electrons. The average molecular weight is 404 g/mol. The molecule has 3 rings (SSSR count). The molecular formula is C21H19F3N2O3. The molecule has 1 heterocycles. The Balaban J connectivity index is 1.81. The highest BCUT2D eigenvalue weighted by molar-refractivity contribution is 5.93. The van der Waals surface area contributed by atoms with Crippen LogP contribution in [-0.2, 0) is 22.3 Å². The van der Waals surface area contributed by atoms with Crippen molar-refractivity contribution >= 4 is 11.8 Å². The van der Waals surface area contributed by atoms with Gasteiger partial charge in [-0.15, -0.1) is 0 Å². The van der Waals surface area contributed by atoms with Crippen LogP contribution >= 0.6 is 0 Å². The Morgan fingerprint density at radius 2 is 1.86 bits per heavy atom. The van der Waals surface area contributed by atoms with Crippen LogP contribution in [0, 0.1) is 0 Å². The average Bonchev–Trinajstić information content (AvgIpc) is 2.90. The number of benzene rings is 2. The van der Waals surface area contributed by atoms with Gasteiger partial charge in [0.2, 0.25) is 11.8 Å². The highest BCUT2D eigenvalue weighted by Gasteiger charge is 2.34. The summed E-state index contributed by atoms with van der Waals surface area (Å²) in [5.41, 5.74) is 0.279. The molecule has 0 aromatic heterocycles. The molecule has 0 fully saturated rings. The lowest BCUT2D eigenvalue weighted by atomic mass is 10.0. The minimum Gasteiger partial charge on any atom is -0.491 e. The molecule has 0 radical (unpaired) electrons. The molecule has 0 aliphatic carbocycles. The van der Waals surface area contributed by atoms with Crippen LogP contribution in [0.2, 0.25) is 0 Å². The number of rotatable bonds is 4. The predicted octanol–water partition coefficient (Wildman–Crippen LogP) is 3.47. The summed E-state index contributed by atoms with van der Waals surface area (Å²) in [4.78, 5) is 26.6. The number of nitrogens with zero attached hydrogens (tertiary/aromatic N) is 1. The molecule has 0 spiro atoms. The third-order valence-electron chi connectivity index (χ3n) is 4.57. The van der Waals surface area contributed by atoms with Crippen LogP contribution in [0.4, 0.5) is 13.2 Å². The lowest BCUT2D eigenvalue weighted by molar-refractivity contribution is -0.137. The number of para-hydroxylation sites is 1. The van der Waals surface area contributed by atoms with Gasteiger partial charge in [-0.25, -0.2) is 0 Å². The highest BCUT2D eigenvalue weighted by Crippen LogP contribution is 2.32. The second-order valence-electron chi connectivity index (χ2n) is 6.44. The zero-order valence-corrected chi connectivity index (χ0v) is 15.4. The maximum atomic E-state index is 13.0. The topological polar surface area (TPSA) is 58.6 Å². The van der Waals surface area contributed by atoms with Crippen molar-refractivity contribution in [1.29, 1.82) is 0 Å². The number of halogens is 3. The third-order valence-corrected chi connectivity index (χ3v) is 4.57. The number of hydrogen-bond acceptors (Lipinski definition) is 3. The van der Waals surface area contributed by atoms with Crippen LogP contribution in [0.1, 0.15) is 22.7 Å². The molecule has 8 heteroatoms. The summed E-state index contributed by atoms with van der Waals surface area (Å²) in [6, 6.07) is 10.5. The second-order valence-corrected chi connectivity index (χ2v) is 6.44. The second kappa shape index (κ2) is 8.38. The first kappa shape index (κ1) is 20.4. The molecule has 2 aromatic rings. The van der Waals surface area contributed by atoms with E-state index in [-0.39, 0.29) is 19.7 Å². The maximum absolute atomic E-state index is 13.0. The Morgan fingerprint density at radius 1 is 1.17 bits per heavy atom. The Bertz CT molecular complexity index is 910. The molecule has 0 saturated heterocycles. The van der Waals surface area contributed by atoms with E-state index in [2.05, 4.69) is 11.9 Å². The molecule has 29 heavy (non-hydrogen) atoms. The summed E-state index contributed by atoms with van der Waals surface area (Å²) in [7, 11) is 0. The summed E-state index contributed by atoms with van der Waals surface area (Å²) in [6.45, 7) is 3.92. The van der Waals surface area contributed by atoms with Gasteiger partial charge in [-0.05, 0) is 29.8 Å². The van der Waals surface area contributed by atoms with Gasteiger partial charge in [-0.2, -0.15) is 13.2 Å². The van der Waals surface area contributed by atoms with E-state index >= 15 is 0 Å². The Hall–Kier alpha value is -3.29. The fourth-order valence-electron chi connectivity index (χ4n) is 3.12. The zero-order valence-electron chi connectivity index (χ0n) is 15.4. The molecule has 1 unspecified atom stereocenters. The van der Waals surface area contributed by atoms with Crippen LogP contribution in [-0.4, -0.2) is 29.9 Å². The van der Waals surface area contributed by atoms with E-state index in [0.29, 0.717) is 16.9 Å². The van der Waals surface area contributed by atoms with Crippen molar-refractivity contribution in [2.24, 2.45) is 0 Å². The summed E-state index contributed by atoms with van der Waals surface area (Å²) < 4.78 is 43.7. The van der Waals surface area contributed by atoms with E-state index in [1.165, 1.54) is 17.0 Å². The van der Waals surface area contributed by atoms with E-state index in [1.807, 2.05) is 0 Å². The van der Waals surface area contributed by atoms with Gasteiger partial charge in [0.1, 0.15) is 18.4 Å². The van der Waals surface area contributed by atoms with Crippen molar-refractivity contribution in [2.75, 3.05) is 13.2 Å². The van der Waals surface area contributed by atoms with E-state index in [9.17, 15) is 22.8 Å². The van der Waals surface area contributed by atoms with Gasteiger partial charge in [-0.1, -0.05) is 36.9 Å². The van der Waals surface area contributed by atoms with Crippen LogP contribution in [0.3, 0.4) is 0 Å². The van der Waals surface area contributed by atoms with Gasteiger partial charge in [0, 0.05) is 12.1 Å². The van der Waals surface area contributed by atoms with Crippen LogP contribution in [0.5, 0.6) is 5.75 Å². The monoisotopic (exact) mass is 404 g/mol. The standard InChI is InChI=1S/C21H19F3N2O3/c1-2-18(27)26-11-12-29-17-6-4-3-5-16(17)19(26)20(28)25-13-14-7-9-15(10-8-14)21(22,23)24/h2-10,19H,1,11-13H2,(H,25,28). The minimum atomic E-state index is -4.42. The summed E-state index contributed by atoms with van der Waals surface area (Å²) in [5.74, 6) is -0.375. The first-order valence-corrected chi connectivity index (χ1v) is 8.90. The number of alkyl halides is 3. The molecule has 2 amide bonds. The van der Waals surface area contributed by atoms with Crippen molar-refractivity contribution in [3.8, 4) is 5.75 Å². The quantitative estimate of drug-likeness (QED) is 0.794. The summed E-state index contributed by atoms with van der Waals surface area (Å²) >= 11 is 0. The molecule has 1 aliphatic heterocycles. The third kappa shape index (κ3) is 4.59. The van der Waals surface area contributed by atoms with Crippen molar-refractivity contribution in [1.82, 2.24) is 10.2 Å². The predicted molar refractivity (Wildman–Crippen MR) is 99.9 cm³/mol. The Kier molecular flexibility index (Phi) is 5.91. The van der Waals surface area contributed by atoms with Gasteiger partial charge in [0.25, 0.3) is 0 Å². The van der Waals surface area contributed by atoms with Gasteiger partial charge in [0.15, 0.2) is 0 Å². The fourth-order valence-corrected chi connectivity index (χ4v) is 3.12. The molecule has 5 nitrogen and oxygen atoms in total. The molecule has 0 saturated carbocycles. The molecule has 1 aliphatic rings. The summed E-state index contributed by atoms with van der Waals surface area (Å²) in [5, 5.41) is 2.70. The van der Waals surface area contributed by atoms with Gasteiger partial charge in [-0.3, -0.25) is 9.59 Å². The number of amides is 2. The number of carbonyl (C=O) groups excluding carboxylic acids is 2. The fraction of sp³-hybridized carbons (Fsp3) is 0.238. The zero-order chi connectivity index (χ0) is 21.0.